The van der Waals surface area contributed by atoms with Crippen LogP contribution in [0.5, 0.6) is 0 Å². The molecule has 0 amide bonds. The van der Waals surface area contributed by atoms with Crippen molar-refractivity contribution < 1.29 is 9.53 Å². The molecule has 122 valence electrons. The van der Waals surface area contributed by atoms with Crippen LogP contribution < -0.4 is 0 Å². The fourth-order valence-corrected chi connectivity index (χ4v) is 2.50. The van der Waals surface area contributed by atoms with Crippen molar-refractivity contribution in [2.24, 2.45) is 0 Å². The molecule has 0 bridgehead atoms. The van der Waals surface area contributed by atoms with Gasteiger partial charge in [0.1, 0.15) is 27.5 Å². The van der Waals surface area contributed by atoms with E-state index in [4.69, 9.17) is 4.74 Å². The number of ether oxygens (including phenoxy) is 1. The normalized spacial score (nSPS) is 10.9. The monoisotopic (exact) mass is 343 g/mol. The van der Waals surface area contributed by atoms with Gasteiger partial charge in [-0.2, -0.15) is 0 Å². The second-order valence-corrected chi connectivity index (χ2v) is 16.8. The number of hydrogen-bond donors (Lipinski definition) is 0. The minimum Gasteiger partial charge on any atom is -0.462 e. The van der Waals surface area contributed by atoms with E-state index >= 15 is 0 Å². The molecule has 0 spiro atoms. The Kier molecular flexibility index (Phi) is 6.38. The number of pyridine rings is 1. The van der Waals surface area contributed by atoms with E-state index in [2.05, 4.69) is 67.2 Å². The number of nitrogens with zero attached hydrogens (tertiary/aromatic N) is 1. The van der Waals surface area contributed by atoms with Crippen molar-refractivity contribution >= 4 is 22.1 Å². The summed E-state index contributed by atoms with van der Waals surface area (Å²) in [6.45, 7) is 15.1. The highest BCUT2D eigenvalue weighted by Gasteiger charge is 2.12. The molecule has 0 aliphatic rings. The highest BCUT2D eigenvalue weighted by molar-refractivity contribution is 6.84. The summed E-state index contributed by atoms with van der Waals surface area (Å²) in [4.78, 5) is 16.5. The molecule has 23 heavy (non-hydrogen) atoms. The summed E-state index contributed by atoms with van der Waals surface area (Å²) in [6, 6.07) is 3.37. The predicted molar refractivity (Wildman–Crippen MR) is 101 cm³/mol. The maximum atomic E-state index is 12.0. The van der Waals surface area contributed by atoms with Crippen molar-refractivity contribution in [1.82, 2.24) is 4.98 Å². The van der Waals surface area contributed by atoms with Gasteiger partial charge in [0.05, 0.1) is 12.2 Å². The highest BCUT2D eigenvalue weighted by atomic mass is 28.3. The summed E-state index contributed by atoms with van der Waals surface area (Å²) in [7, 11) is -3.02. The minimum atomic E-state index is -1.51. The molecule has 0 aliphatic heterocycles. The Morgan fingerprint density at radius 2 is 1.43 bits per heavy atom. The number of carbonyl (C=O) groups is 1. The molecule has 5 heteroatoms. The van der Waals surface area contributed by atoms with Crippen LogP contribution >= 0.6 is 0 Å². The Labute approximate surface area is 141 Å². The number of carbonyl (C=O) groups excluding carboxylic acids is 1. The Hall–Kier alpha value is -1.83. The lowest BCUT2D eigenvalue weighted by atomic mass is 10.2. The molecule has 0 atom stereocenters. The molecule has 0 aromatic carbocycles. The SMILES string of the molecule is CCOC(=O)c1cc(C#C[Si](C)(C)C)nc(C#C[Si](C)(C)C)c1. The van der Waals surface area contributed by atoms with Gasteiger partial charge in [-0.1, -0.05) is 51.1 Å². The summed E-state index contributed by atoms with van der Waals surface area (Å²) in [5, 5.41) is 0. The molecule has 0 saturated heterocycles. The third kappa shape index (κ3) is 7.83. The molecule has 0 aliphatic carbocycles. The van der Waals surface area contributed by atoms with Crippen LogP contribution in [0.4, 0.5) is 0 Å². The van der Waals surface area contributed by atoms with Gasteiger partial charge < -0.3 is 4.74 Å². The molecule has 0 saturated carbocycles. The largest absolute Gasteiger partial charge is 0.462 e. The van der Waals surface area contributed by atoms with E-state index in [1.54, 1.807) is 19.1 Å². The lowest BCUT2D eigenvalue weighted by Gasteiger charge is -2.06. The highest BCUT2D eigenvalue weighted by Crippen LogP contribution is 2.09. The molecule has 1 aromatic rings. The lowest BCUT2D eigenvalue weighted by Crippen LogP contribution is -2.17. The van der Waals surface area contributed by atoms with Gasteiger partial charge in [0, 0.05) is 0 Å². The first-order valence-corrected chi connectivity index (χ1v) is 14.8. The third-order valence-corrected chi connectivity index (χ3v) is 4.22. The van der Waals surface area contributed by atoms with Crippen LogP contribution in [0.15, 0.2) is 12.1 Å². The molecular formula is C18H25NO2Si2. The molecule has 1 heterocycles. The van der Waals surface area contributed by atoms with E-state index in [1.165, 1.54) is 0 Å². The minimum absolute atomic E-state index is 0.340. The van der Waals surface area contributed by atoms with Crippen molar-refractivity contribution in [2.45, 2.75) is 46.2 Å². The molecule has 0 unspecified atom stereocenters. The van der Waals surface area contributed by atoms with Crippen LogP contribution in [0.1, 0.15) is 28.7 Å². The third-order valence-electron chi connectivity index (χ3n) is 2.47. The van der Waals surface area contributed by atoms with Gasteiger partial charge in [-0.3, -0.25) is 0 Å². The fraction of sp³-hybridized carbons (Fsp3) is 0.444. The van der Waals surface area contributed by atoms with Crippen LogP contribution in [-0.2, 0) is 4.74 Å². The van der Waals surface area contributed by atoms with Gasteiger partial charge in [0.15, 0.2) is 0 Å². The first-order valence-electron chi connectivity index (χ1n) is 7.76. The van der Waals surface area contributed by atoms with Crippen molar-refractivity contribution in [1.29, 1.82) is 0 Å². The van der Waals surface area contributed by atoms with Crippen LogP contribution in [0, 0.1) is 22.9 Å². The van der Waals surface area contributed by atoms with Gasteiger partial charge >= 0.3 is 5.97 Å². The number of aromatic nitrogens is 1. The summed E-state index contributed by atoms with van der Waals surface area (Å²) in [5.74, 6) is 5.83. The maximum Gasteiger partial charge on any atom is 0.338 e. The van der Waals surface area contributed by atoms with Gasteiger partial charge in [-0.25, -0.2) is 9.78 Å². The van der Waals surface area contributed by atoms with Gasteiger partial charge in [0.2, 0.25) is 0 Å². The Balaban J connectivity index is 3.34. The van der Waals surface area contributed by atoms with Crippen LogP contribution in [0.3, 0.4) is 0 Å². The molecular weight excluding hydrogens is 318 g/mol. The van der Waals surface area contributed by atoms with E-state index in [0.29, 0.717) is 23.6 Å². The maximum absolute atomic E-state index is 12.0. The second kappa shape index (κ2) is 7.63. The lowest BCUT2D eigenvalue weighted by molar-refractivity contribution is 0.0526. The van der Waals surface area contributed by atoms with Gasteiger partial charge in [0.25, 0.3) is 0 Å². The second-order valence-electron chi connectivity index (χ2n) is 7.35. The van der Waals surface area contributed by atoms with E-state index in [1.807, 2.05) is 0 Å². The fourth-order valence-electron chi connectivity index (χ4n) is 1.49. The summed E-state index contributed by atoms with van der Waals surface area (Å²) in [6.07, 6.45) is 0. The molecule has 0 radical (unpaired) electrons. The first-order chi connectivity index (χ1) is 10.5. The summed E-state index contributed by atoms with van der Waals surface area (Å²) in [5.41, 5.74) is 8.16. The zero-order valence-electron chi connectivity index (χ0n) is 15.1. The molecule has 3 nitrogen and oxygen atoms in total. The van der Waals surface area contributed by atoms with Crippen molar-refractivity contribution in [3.63, 3.8) is 0 Å². The van der Waals surface area contributed by atoms with Crippen LogP contribution in [-0.4, -0.2) is 33.7 Å². The molecule has 0 fully saturated rings. The Morgan fingerprint density at radius 1 is 1.00 bits per heavy atom. The quantitative estimate of drug-likeness (QED) is 0.467. The number of esters is 1. The molecule has 1 rings (SSSR count). The first kappa shape index (κ1) is 19.2. The Morgan fingerprint density at radius 3 is 1.78 bits per heavy atom. The van der Waals surface area contributed by atoms with Gasteiger partial charge in [-0.15, -0.1) is 11.1 Å². The smallest absolute Gasteiger partial charge is 0.338 e. The van der Waals surface area contributed by atoms with E-state index in [9.17, 15) is 4.79 Å². The topological polar surface area (TPSA) is 39.2 Å². The van der Waals surface area contributed by atoms with E-state index < -0.39 is 16.1 Å². The average Bonchev–Trinajstić information content (AvgIpc) is 2.41. The number of rotatable bonds is 2. The summed E-state index contributed by atoms with van der Waals surface area (Å²) < 4.78 is 5.08. The van der Waals surface area contributed by atoms with Crippen LogP contribution in [0.25, 0.3) is 0 Å². The van der Waals surface area contributed by atoms with Crippen molar-refractivity contribution in [3.05, 3.63) is 29.1 Å². The molecule has 0 N–H and O–H groups in total. The van der Waals surface area contributed by atoms with E-state index in [0.717, 1.165) is 0 Å². The van der Waals surface area contributed by atoms with Gasteiger partial charge in [-0.05, 0) is 19.1 Å². The standard InChI is InChI=1S/C18H25NO2Si2/c1-8-21-18(20)15-13-16(9-11-22(2,3)4)19-17(14-15)10-12-23(5,6)7/h13-14H,8H2,1-7H3. The van der Waals surface area contributed by atoms with Crippen LogP contribution in [0.2, 0.25) is 39.3 Å². The molecule has 1 aromatic heterocycles. The Bertz CT molecular complexity index is 655. The van der Waals surface area contributed by atoms with E-state index in [-0.39, 0.29) is 5.97 Å². The summed E-state index contributed by atoms with van der Waals surface area (Å²) >= 11 is 0. The predicted octanol–water partition coefficient (Wildman–Crippen LogP) is 3.72. The zero-order chi connectivity index (χ0) is 17.7. The van der Waals surface area contributed by atoms with Crippen molar-refractivity contribution in [3.8, 4) is 22.9 Å². The average molecular weight is 344 g/mol. The zero-order valence-corrected chi connectivity index (χ0v) is 17.1. The number of hydrogen-bond acceptors (Lipinski definition) is 3. The van der Waals surface area contributed by atoms with Crippen molar-refractivity contribution in [2.75, 3.05) is 6.61 Å².